The molecule has 0 saturated heterocycles. The highest BCUT2D eigenvalue weighted by Gasteiger charge is 2.07. The zero-order valence-electron chi connectivity index (χ0n) is 21.1. The van der Waals surface area contributed by atoms with Crippen LogP contribution in [0.25, 0.3) is 16.7 Å². The van der Waals surface area contributed by atoms with Crippen LogP contribution in [0.4, 0.5) is 5.82 Å². The highest BCUT2D eigenvalue weighted by molar-refractivity contribution is 5.68. The molecule has 0 aliphatic rings. The minimum Gasteiger partial charge on any atom is -0.344 e. The summed E-state index contributed by atoms with van der Waals surface area (Å²) in [6.07, 6.45) is 16.0. The van der Waals surface area contributed by atoms with Gasteiger partial charge in [-0.15, -0.1) is 0 Å². The fourth-order valence-corrected chi connectivity index (χ4v) is 3.84. The lowest BCUT2D eigenvalue weighted by molar-refractivity contribution is 1.03. The Morgan fingerprint density at radius 2 is 1.79 bits per heavy atom. The van der Waals surface area contributed by atoms with Crippen molar-refractivity contribution in [2.75, 3.05) is 5.32 Å². The second kappa shape index (κ2) is 12.6. The highest BCUT2D eigenvalue weighted by Crippen LogP contribution is 2.25. The van der Waals surface area contributed by atoms with Gasteiger partial charge in [0.1, 0.15) is 5.82 Å². The number of anilines is 1. The molecule has 0 fully saturated rings. The molecule has 0 aliphatic carbocycles. The quantitative estimate of drug-likeness (QED) is 0.317. The second-order valence-corrected chi connectivity index (χ2v) is 8.56. The summed E-state index contributed by atoms with van der Waals surface area (Å²) in [6, 6.07) is 12.8. The maximum atomic E-state index is 4.70. The summed E-state index contributed by atoms with van der Waals surface area (Å²) in [7, 11) is 0. The first-order valence-corrected chi connectivity index (χ1v) is 12.2. The molecule has 176 valence electrons. The Balaban J connectivity index is 1.73. The van der Waals surface area contributed by atoms with Crippen LogP contribution in [-0.4, -0.2) is 15.2 Å². The summed E-state index contributed by atoms with van der Waals surface area (Å²) in [5, 5.41) is 11.4. The van der Waals surface area contributed by atoms with E-state index in [1.807, 2.05) is 18.5 Å². The summed E-state index contributed by atoms with van der Waals surface area (Å²) in [5.74, 6) is 0.871. The van der Waals surface area contributed by atoms with Crippen LogP contribution in [0, 0.1) is 6.92 Å². The van der Waals surface area contributed by atoms with Gasteiger partial charge >= 0.3 is 0 Å². The molecule has 0 radical (unpaired) electrons. The maximum Gasteiger partial charge on any atom is 0.130 e. The Kier molecular flexibility index (Phi) is 9.33. The van der Waals surface area contributed by atoms with E-state index in [2.05, 4.69) is 98.7 Å². The number of rotatable bonds is 10. The van der Waals surface area contributed by atoms with Crippen LogP contribution in [0.15, 0.2) is 84.5 Å². The van der Waals surface area contributed by atoms with Gasteiger partial charge in [-0.25, -0.2) is 4.98 Å². The van der Waals surface area contributed by atoms with E-state index in [1.54, 1.807) is 6.20 Å². The van der Waals surface area contributed by atoms with Crippen molar-refractivity contribution in [2.45, 2.75) is 60.3 Å². The number of hydrogen-bond donors (Lipinski definition) is 1. The van der Waals surface area contributed by atoms with E-state index in [0.717, 1.165) is 42.8 Å². The van der Waals surface area contributed by atoms with Crippen LogP contribution in [0.1, 0.15) is 63.6 Å². The van der Waals surface area contributed by atoms with Gasteiger partial charge in [0.2, 0.25) is 0 Å². The van der Waals surface area contributed by atoms with Crippen molar-refractivity contribution < 1.29 is 0 Å². The molecule has 4 heteroatoms. The van der Waals surface area contributed by atoms with Gasteiger partial charge in [0.05, 0.1) is 12.4 Å². The van der Waals surface area contributed by atoms with Gasteiger partial charge in [0.25, 0.3) is 0 Å². The van der Waals surface area contributed by atoms with Gasteiger partial charge < -0.3 is 5.32 Å². The average molecular weight is 453 g/mol. The summed E-state index contributed by atoms with van der Waals surface area (Å²) >= 11 is 0. The van der Waals surface area contributed by atoms with Crippen molar-refractivity contribution in [2.24, 2.45) is 0 Å². The lowest BCUT2D eigenvalue weighted by atomic mass is 9.98. The van der Waals surface area contributed by atoms with Crippen LogP contribution in [0.5, 0.6) is 0 Å². The largest absolute Gasteiger partial charge is 0.344 e. The molecule has 0 amide bonds. The molecule has 0 bridgehead atoms. The lowest BCUT2D eigenvalue weighted by Crippen LogP contribution is -2.05. The first-order chi connectivity index (χ1) is 16.5. The van der Waals surface area contributed by atoms with E-state index in [-0.39, 0.29) is 0 Å². The van der Waals surface area contributed by atoms with E-state index < -0.39 is 0 Å². The zero-order chi connectivity index (χ0) is 24.3. The monoisotopic (exact) mass is 452 g/mol. The number of pyridine rings is 1. The molecule has 3 aromatic rings. The van der Waals surface area contributed by atoms with Crippen molar-refractivity contribution in [3.8, 4) is 11.1 Å². The Morgan fingerprint density at radius 3 is 2.41 bits per heavy atom. The van der Waals surface area contributed by atoms with Crippen molar-refractivity contribution in [1.82, 2.24) is 15.2 Å². The lowest BCUT2D eigenvalue weighted by Gasteiger charge is -2.13. The molecule has 1 aromatic carbocycles. The summed E-state index contributed by atoms with van der Waals surface area (Å²) in [4.78, 5) is 4.70. The Bertz CT molecular complexity index is 1160. The van der Waals surface area contributed by atoms with Crippen molar-refractivity contribution in [3.63, 3.8) is 0 Å². The summed E-state index contributed by atoms with van der Waals surface area (Å²) < 4.78 is 0. The first-order valence-electron chi connectivity index (χ1n) is 12.2. The topological polar surface area (TPSA) is 50.7 Å². The van der Waals surface area contributed by atoms with Gasteiger partial charge in [-0.1, -0.05) is 62.8 Å². The molecule has 4 nitrogen and oxygen atoms in total. The van der Waals surface area contributed by atoms with Gasteiger partial charge in [-0.3, -0.25) is 0 Å². The predicted octanol–water partition coefficient (Wildman–Crippen LogP) is 7.95. The normalized spacial score (nSPS) is 12.7. The third kappa shape index (κ3) is 6.98. The molecular weight excluding hydrogens is 416 g/mol. The Hall–Kier alpha value is -3.53. The van der Waals surface area contributed by atoms with E-state index >= 15 is 0 Å². The number of nitrogens with one attached hydrogen (secondary N) is 1. The first kappa shape index (κ1) is 25.1. The number of hydrogen-bond acceptors (Lipinski definition) is 4. The second-order valence-electron chi connectivity index (χ2n) is 8.56. The van der Waals surface area contributed by atoms with Crippen molar-refractivity contribution >= 4 is 11.4 Å². The molecule has 0 saturated carbocycles. The summed E-state index contributed by atoms with van der Waals surface area (Å²) in [6.45, 7) is 10.8. The number of benzene rings is 1. The SMILES string of the molecule is CC/C=C(/Cc1ccc(-c2ccnnc2)c(C)c1)Nc1ccc(/C(=C/C=C(\C)CC)CC)cn1. The van der Waals surface area contributed by atoms with Crippen LogP contribution in [0.3, 0.4) is 0 Å². The third-order valence-electron chi connectivity index (χ3n) is 5.96. The molecule has 2 heterocycles. The average Bonchev–Trinajstić information content (AvgIpc) is 2.86. The molecule has 3 rings (SSSR count). The standard InChI is InChI=1S/C30H36N4/c1-6-9-28(19-24-11-14-29(23(5)18-24)27-16-17-32-33-21-27)34-30-15-13-26(20-31-30)25(8-3)12-10-22(4)7-2/h9-18,20-21H,6-8,19H2,1-5H3,(H,31,34)/b22-10+,25-12+,28-9-. The van der Waals surface area contributed by atoms with Crippen LogP contribution >= 0.6 is 0 Å². The number of aromatic nitrogens is 3. The third-order valence-corrected chi connectivity index (χ3v) is 5.96. The Morgan fingerprint density at radius 1 is 0.941 bits per heavy atom. The number of allylic oxidation sites excluding steroid dienone is 6. The minimum atomic E-state index is 0.828. The maximum absolute atomic E-state index is 4.70. The smallest absolute Gasteiger partial charge is 0.130 e. The molecule has 34 heavy (non-hydrogen) atoms. The fourth-order valence-electron chi connectivity index (χ4n) is 3.84. The predicted molar refractivity (Wildman–Crippen MR) is 144 cm³/mol. The van der Waals surface area contributed by atoms with Crippen LogP contribution in [0.2, 0.25) is 0 Å². The van der Waals surface area contributed by atoms with E-state index in [4.69, 9.17) is 4.98 Å². The van der Waals surface area contributed by atoms with E-state index in [0.29, 0.717) is 0 Å². The Labute approximate surface area is 204 Å². The van der Waals surface area contributed by atoms with E-state index in [9.17, 15) is 0 Å². The molecular formula is C30H36N4. The molecule has 0 aliphatic heterocycles. The van der Waals surface area contributed by atoms with Gasteiger partial charge in [0.15, 0.2) is 0 Å². The molecule has 2 aromatic heterocycles. The van der Waals surface area contributed by atoms with Gasteiger partial charge in [-0.2, -0.15) is 10.2 Å². The summed E-state index contributed by atoms with van der Waals surface area (Å²) in [5.41, 5.74) is 9.79. The zero-order valence-corrected chi connectivity index (χ0v) is 21.1. The number of nitrogens with zero attached hydrogens (tertiary/aromatic N) is 3. The van der Waals surface area contributed by atoms with Crippen molar-refractivity contribution in [1.29, 1.82) is 0 Å². The minimum absolute atomic E-state index is 0.828. The van der Waals surface area contributed by atoms with E-state index in [1.165, 1.54) is 33.4 Å². The molecule has 1 N–H and O–H groups in total. The fraction of sp³-hybridized carbons (Fsp3) is 0.300. The van der Waals surface area contributed by atoms with Gasteiger partial charge in [-0.05, 0) is 79.1 Å². The molecule has 0 unspecified atom stereocenters. The molecule has 0 atom stereocenters. The number of aryl methyl sites for hydroxylation is 1. The van der Waals surface area contributed by atoms with Crippen LogP contribution in [-0.2, 0) is 6.42 Å². The van der Waals surface area contributed by atoms with Crippen molar-refractivity contribution in [3.05, 3.63) is 101 Å². The highest BCUT2D eigenvalue weighted by atomic mass is 15.1. The van der Waals surface area contributed by atoms with Gasteiger partial charge in [0, 0.05) is 23.9 Å². The molecule has 0 spiro atoms. The van der Waals surface area contributed by atoms with Crippen LogP contribution < -0.4 is 5.32 Å².